The van der Waals surface area contributed by atoms with Crippen molar-refractivity contribution >= 4 is 0 Å². The first kappa shape index (κ1) is 14.3. The second-order valence-electron chi connectivity index (χ2n) is 6.16. The molecule has 0 amide bonds. The van der Waals surface area contributed by atoms with E-state index in [1.54, 1.807) is 0 Å². The molecular weight excluding hydrogens is 258 g/mol. The minimum atomic E-state index is 0.425. The summed E-state index contributed by atoms with van der Waals surface area (Å²) in [5.41, 5.74) is 5.34. The molecule has 3 rings (SSSR count). The number of aromatic nitrogens is 2. The molecule has 3 heteroatoms. The lowest BCUT2D eigenvalue weighted by Gasteiger charge is -2.19. The van der Waals surface area contributed by atoms with Gasteiger partial charge >= 0.3 is 0 Å². The van der Waals surface area contributed by atoms with Crippen molar-refractivity contribution in [3.63, 3.8) is 0 Å². The molecule has 1 N–H and O–H groups in total. The van der Waals surface area contributed by atoms with Crippen molar-refractivity contribution in [1.29, 1.82) is 0 Å². The molecule has 1 fully saturated rings. The average molecular weight is 283 g/mol. The van der Waals surface area contributed by atoms with E-state index in [1.165, 1.54) is 28.9 Å². The van der Waals surface area contributed by atoms with Crippen LogP contribution in [0.5, 0.6) is 0 Å². The summed E-state index contributed by atoms with van der Waals surface area (Å²) in [6.45, 7) is 7.50. The van der Waals surface area contributed by atoms with Crippen LogP contribution in [0.1, 0.15) is 47.8 Å². The van der Waals surface area contributed by atoms with Gasteiger partial charge in [0.1, 0.15) is 0 Å². The number of aryl methyl sites for hydroxylation is 2. The minimum absolute atomic E-state index is 0.425. The highest BCUT2D eigenvalue weighted by Gasteiger charge is 2.45. The summed E-state index contributed by atoms with van der Waals surface area (Å²) in [5, 5.41) is 8.30. The normalized spacial score (nSPS) is 22.3. The standard InChI is InChI=1S/C18H25N3/c1-5-19-18(17-12(2)20-21(4)13(17)3)16-11-15(16)14-9-7-6-8-10-14/h6-10,15-16,18-19H,5,11H2,1-4H3. The average Bonchev–Trinajstić information content (AvgIpc) is 3.23. The fourth-order valence-corrected chi connectivity index (χ4v) is 3.59. The molecule has 1 aromatic carbocycles. The highest BCUT2D eigenvalue weighted by Crippen LogP contribution is 2.54. The highest BCUT2D eigenvalue weighted by molar-refractivity contribution is 5.34. The zero-order chi connectivity index (χ0) is 15.0. The molecule has 3 nitrogen and oxygen atoms in total. The zero-order valence-corrected chi connectivity index (χ0v) is 13.4. The van der Waals surface area contributed by atoms with Gasteiger partial charge in [0.2, 0.25) is 0 Å². The maximum absolute atomic E-state index is 4.60. The summed E-state index contributed by atoms with van der Waals surface area (Å²) in [5.74, 6) is 1.38. The maximum atomic E-state index is 4.60. The number of hydrogen-bond donors (Lipinski definition) is 1. The predicted molar refractivity (Wildman–Crippen MR) is 86.4 cm³/mol. The van der Waals surface area contributed by atoms with Crippen molar-refractivity contribution in [2.45, 2.75) is 39.2 Å². The van der Waals surface area contributed by atoms with Crippen LogP contribution in [0.15, 0.2) is 30.3 Å². The van der Waals surface area contributed by atoms with Crippen molar-refractivity contribution in [3.05, 3.63) is 52.8 Å². The van der Waals surface area contributed by atoms with E-state index in [2.05, 4.69) is 61.5 Å². The van der Waals surface area contributed by atoms with E-state index in [4.69, 9.17) is 0 Å². The first-order valence-electron chi connectivity index (χ1n) is 7.91. The third-order valence-electron chi connectivity index (χ3n) is 4.80. The second kappa shape index (κ2) is 5.64. The van der Waals surface area contributed by atoms with E-state index in [1.807, 2.05) is 11.7 Å². The Bertz CT molecular complexity index is 615. The molecule has 21 heavy (non-hydrogen) atoms. The first-order chi connectivity index (χ1) is 10.1. The number of nitrogens with one attached hydrogen (secondary N) is 1. The van der Waals surface area contributed by atoms with E-state index in [-0.39, 0.29) is 0 Å². The van der Waals surface area contributed by atoms with Crippen molar-refractivity contribution < 1.29 is 0 Å². The summed E-state index contributed by atoms with van der Waals surface area (Å²) in [6, 6.07) is 11.3. The fourth-order valence-electron chi connectivity index (χ4n) is 3.59. The van der Waals surface area contributed by atoms with E-state index in [0.717, 1.165) is 6.54 Å². The Balaban J connectivity index is 1.87. The molecule has 1 aliphatic rings. The van der Waals surface area contributed by atoms with Crippen LogP contribution < -0.4 is 5.32 Å². The molecule has 0 radical (unpaired) electrons. The van der Waals surface area contributed by atoms with Crippen molar-refractivity contribution in [3.8, 4) is 0 Å². The third kappa shape index (κ3) is 2.62. The van der Waals surface area contributed by atoms with Crippen LogP contribution in [0, 0.1) is 19.8 Å². The highest BCUT2D eigenvalue weighted by atomic mass is 15.3. The summed E-state index contributed by atoms with van der Waals surface area (Å²) in [4.78, 5) is 0. The van der Waals surface area contributed by atoms with Gasteiger partial charge < -0.3 is 5.32 Å². The predicted octanol–water partition coefficient (Wildman–Crippen LogP) is 3.49. The molecule has 1 saturated carbocycles. The Morgan fingerprint density at radius 2 is 2.00 bits per heavy atom. The molecular formula is C18H25N3. The van der Waals surface area contributed by atoms with Crippen LogP contribution in [0.4, 0.5) is 0 Å². The Labute approximate surface area is 127 Å². The largest absolute Gasteiger partial charge is 0.310 e. The molecule has 0 aliphatic heterocycles. The van der Waals surface area contributed by atoms with E-state index in [0.29, 0.717) is 17.9 Å². The van der Waals surface area contributed by atoms with Gasteiger partial charge in [-0.05, 0) is 44.2 Å². The molecule has 1 aliphatic carbocycles. The fraction of sp³-hybridized carbons (Fsp3) is 0.500. The first-order valence-corrected chi connectivity index (χ1v) is 7.91. The summed E-state index contributed by atoms with van der Waals surface area (Å²) in [6.07, 6.45) is 1.27. The number of hydrogen-bond acceptors (Lipinski definition) is 2. The SMILES string of the molecule is CCNC(c1c(C)nn(C)c1C)C1CC1c1ccccc1. The molecule has 2 aromatic rings. The molecule has 0 saturated heterocycles. The lowest BCUT2D eigenvalue weighted by molar-refractivity contribution is 0.482. The number of nitrogens with zero attached hydrogens (tertiary/aromatic N) is 2. The van der Waals surface area contributed by atoms with Gasteiger partial charge in [-0.3, -0.25) is 4.68 Å². The van der Waals surface area contributed by atoms with Crippen LogP contribution in [0.2, 0.25) is 0 Å². The topological polar surface area (TPSA) is 29.9 Å². The van der Waals surface area contributed by atoms with Gasteiger partial charge in [-0.2, -0.15) is 5.10 Å². The van der Waals surface area contributed by atoms with E-state index < -0.39 is 0 Å². The number of rotatable bonds is 5. The molecule has 112 valence electrons. The van der Waals surface area contributed by atoms with Gasteiger partial charge in [-0.1, -0.05) is 37.3 Å². The Hall–Kier alpha value is -1.61. The summed E-state index contributed by atoms with van der Waals surface area (Å²) >= 11 is 0. The smallest absolute Gasteiger partial charge is 0.0644 e. The van der Waals surface area contributed by atoms with E-state index >= 15 is 0 Å². The summed E-state index contributed by atoms with van der Waals surface area (Å²) < 4.78 is 2.01. The lowest BCUT2D eigenvalue weighted by atomic mass is 9.97. The van der Waals surface area contributed by atoms with Gasteiger partial charge in [-0.15, -0.1) is 0 Å². The van der Waals surface area contributed by atoms with Gasteiger partial charge in [-0.25, -0.2) is 0 Å². The van der Waals surface area contributed by atoms with Crippen LogP contribution >= 0.6 is 0 Å². The Kier molecular flexibility index (Phi) is 3.85. The Morgan fingerprint density at radius 1 is 1.29 bits per heavy atom. The molecule has 3 unspecified atom stereocenters. The van der Waals surface area contributed by atoms with Crippen molar-refractivity contribution in [1.82, 2.24) is 15.1 Å². The zero-order valence-electron chi connectivity index (χ0n) is 13.4. The summed E-state index contributed by atoms with van der Waals surface area (Å²) in [7, 11) is 2.04. The molecule has 0 bridgehead atoms. The molecule has 3 atom stereocenters. The van der Waals surface area contributed by atoms with Gasteiger partial charge in [0.15, 0.2) is 0 Å². The van der Waals surface area contributed by atoms with Crippen LogP contribution in [-0.4, -0.2) is 16.3 Å². The van der Waals surface area contributed by atoms with Crippen LogP contribution in [0.25, 0.3) is 0 Å². The van der Waals surface area contributed by atoms with Crippen LogP contribution in [0.3, 0.4) is 0 Å². The minimum Gasteiger partial charge on any atom is -0.310 e. The van der Waals surface area contributed by atoms with Crippen molar-refractivity contribution in [2.75, 3.05) is 6.54 Å². The van der Waals surface area contributed by atoms with Gasteiger partial charge in [0, 0.05) is 24.3 Å². The lowest BCUT2D eigenvalue weighted by Crippen LogP contribution is -2.24. The quantitative estimate of drug-likeness (QED) is 0.910. The molecule has 0 spiro atoms. The van der Waals surface area contributed by atoms with Gasteiger partial charge in [0.05, 0.1) is 5.69 Å². The molecule has 1 heterocycles. The monoisotopic (exact) mass is 283 g/mol. The maximum Gasteiger partial charge on any atom is 0.0644 e. The second-order valence-corrected chi connectivity index (χ2v) is 6.16. The Morgan fingerprint density at radius 3 is 2.57 bits per heavy atom. The molecule has 1 aromatic heterocycles. The third-order valence-corrected chi connectivity index (χ3v) is 4.80. The number of benzene rings is 1. The van der Waals surface area contributed by atoms with Crippen LogP contribution in [-0.2, 0) is 7.05 Å². The van der Waals surface area contributed by atoms with Crippen molar-refractivity contribution in [2.24, 2.45) is 13.0 Å². The van der Waals surface area contributed by atoms with Gasteiger partial charge in [0.25, 0.3) is 0 Å². The van der Waals surface area contributed by atoms with E-state index in [9.17, 15) is 0 Å².